The summed E-state index contributed by atoms with van der Waals surface area (Å²) in [7, 11) is -3.55. The first-order valence-electron chi connectivity index (χ1n) is 10.5. The number of hydrogen-bond donors (Lipinski definition) is 0. The summed E-state index contributed by atoms with van der Waals surface area (Å²) in [4.78, 5) is 12.7. The maximum absolute atomic E-state index is 13.0. The van der Waals surface area contributed by atoms with Gasteiger partial charge in [-0.2, -0.15) is 4.31 Å². The number of ketones is 1. The number of hydrogen-bond acceptors (Lipinski definition) is 7. The third-order valence-electron chi connectivity index (χ3n) is 5.60. The van der Waals surface area contributed by atoms with Crippen molar-refractivity contribution in [2.75, 3.05) is 18.8 Å². The average Bonchev–Trinajstić information content (AvgIpc) is 3.29. The Kier molecular flexibility index (Phi) is 6.78. The van der Waals surface area contributed by atoms with Gasteiger partial charge >= 0.3 is 0 Å². The lowest BCUT2D eigenvalue weighted by atomic mass is 10.0. The van der Waals surface area contributed by atoms with E-state index in [1.54, 1.807) is 24.3 Å². The second-order valence-corrected chi connectivity index (χ2v) is 10.7. The van der Waals surface area contributed by atoms with E-state index in [1.165, 1.54) is 16.1 Å². The van der Waals surface area contributed by atoms with Gasteiger partial charge in [0.05, 0.1) is 10.6 Å². The van der Waals surface area contributed by atoms with Crippen LogP contribution in [0.15, 0.2) is 57.0 Å². The molecule has 0 N–H and O–H groups in total. The molecule has 7 nitrogen and oxygen atoms in total. The monoisotopic (exact) mass is 471 g/mol. The zero-order valence-corrected chi connectivity index (χ0v) is 19.7. The average molecular weight is 472 g/mol. The summed E-state index contributed by atoms with van der Waals surface area (Å²) >= 11 is 1.17. The van der Waals surface area contributed by atoms with Gasteiger partial charge in [-0.25, -0.2) is 8.42 Å². The van der Waals surface area contributed by atoms with Gasteiger partial charge in [0, 0.05) is 24.2 Å². The van der Waals surface area contributed by atoms with Crippen molar-refractivity contribution in [1.82, 2.24) is 14.5 Å². The van der Waals surface area contributed by atoms with Crippen LogP contribution in [0.1, 0.15) is 40.7 Å². The molecule has 0 bridgehead atoms. The number of aromatic nitrogens is 2. The minimum Gasteiger partial charge on any atom is -0.411 e. The fourth-order valence-corrected chi connectivity index (χ4v) is 5.78. The highest BCUT2D eigenvalue weighted by Crippen LogP contribution is 2.27. The third-order valence-corrected chi connectivity index (χ3v) is 8.31. The maximum atomic E-state index is 13.0. The molecule has 1 aliphatic rings. The number of aryl methyl sites for hydroxylation is 2. The van der Waals surface area contributed by atoms with E-state index in [9.17, 15) is 13.2 Å². The lowest BCUT2D eigenvalue weighted by Crippen LogP contribution is -2.35. The summed E-state index contributed by atoms with van der Waals surface area (Å²) in [6.45, 7) is 5.07. The molecule has 2 heterocycles. The number of carbonyl (C=O) groups is 1. The first kappa shape index (κ1) is 22.7. The molecule has 32 heavy (non-hydrogen) atoms. The minimum atomic E-state index is -3.55. The normalized spacial score (nSPS) is 15.1. The number of nitrogens with zero attached hydrogens (tertiary/aromatic N) is 3. The third kappa shape index (κ3) is 4.95. The summed E-state index contributed by atoms with van der Waals surface area (Å²) in [5, 5.41) is 8.31. The van der Waals surface area contributed by atoms with Crippen LogP contribution < -0.4 is 0 Å². The number of thioether (sulfide) groups is 1. The fourth-order valence-electron chi connectivity index (χ4n) is 3.55. The number of sulfonamides is 1. The van der Waals surface area contributed by atoms with Crippen molar-refractivity contribution < 1.29 is 17.6 Å². The summed E-state index contributed by atoms with van der Waals surface area (Å²) in [6.07, 6.45) is 2.81. The van der Waals surface area contributed by atoms with Crippen molar-refractivity contribution in [3.05, 3.63) is 59.2 Å². The number of benzene rings is 2. The molecular weight excluding hydrogens is 446 g/mol. The second kappa shape index (κ2) is 9.56. The maximum Gasteiger partial charge on any atom is 0.277 e. The molecular formula is C23H25N3O4S2. The number of Topliss-reactive ketones (excluding diaryl/α,β-unsaturated/α-hetero) is 1. The Hall–Kier alpha value is -2.49. The highest BCUT2D eigenvalue weighted by Gasteiger charge is 2.26. The first-order valence-corrected chi connectivity index (χ1v) is 12.9. The molecule has 4 rings (SSSR count). The molecule has 9 heteroatoms. The molecule has 0 atom stereocenters. The van der Waals surface area contributed by atoms with Gasteiger partial charge in [0.15, 0.2) is 5.78 Å². The van der Waals surface area contributed by atoms with Crippen LogP contribution in [0, 0.1) is 13.8 Å². The van der Waals surface area contributed by atoms with E-state index < -0.39 is 10.0 Å². The Bertz CT molecular complexity index is 1230. The molecule has 0 amide bonds. The lowest BCUT2D eigenvalue weighted by Gasteiger charge is -2.25. The van der Waals surface area contributed by atoms with Gasteiger partial charge < -0.3 is 4.42 Å². The number of carbonyl (C=O) groups excluding carboxylic acids is 1. The second-order valence-electron chi connectivity index (χ2n) is 7.88. The largest absolute Gasteiger partial charge is 0.411 e. The summed E-state index contributed by atoms with van der Waals surface area (Å²) < 4.78 is 33.1. The predicted octanol–water partition coefficient (Wildman–Crippen LogP) is 4.50. The highest BCUT2D eigenvalue weighted by molar-refractivity contribution is 7.99. The molecule has 1 saturated heterocycles. The summed E-state index contributed by atoms with van der Waals surface area (Å²) in [6, 6.07) is 12.2. The van der Waals surface area contributed by atoms with Crippen LogP contribution in [0.3, 0.4) is 0 Å². The van der Waals surface area contributed by atoms with Crippen molar-refractivity contribution >= 4 is 27.6 Å². The van der Waals surface area contributed by atoms with Crippen LogP contribution in [-0.4, -0.2) is 47.5 Å². The summed E-state index contributed by atoms with van der Waals surface area (Å²) in [5.74, 6) is 0.377. The highest BCUT2D eigenvalue weighted by atomic mass is 32.2. The van der Waals surface area contributed by atoms with Crippen LogP contribution >= 0.6 is 11.8 Å². The summed E-state index contributed by atoms with van der Waals surface area (Å²) in [5.41, 5.74) is 3.39. The van der Waals surface area contributed by atoms with E-state index in [4.69, 9.17) is 4.42 Å². The molecule has 1 aliphatic heterocycles. The van der Waals surface area contributed by atoms with Crippen LogP contribution in [0.25, 0.3) is 11.5 Å². The SMILES string of the molecule is Cc1ccc(C(=O)CSc2nnc(-c3cccc(S(=O)(=O)N4CCCCC4)c3)o2)cc1C. The van der Waals surface area contributed by atoms with E-state index >= 15 is 0 Å². The van der Waals surface area contributed by atoms with Crippen molar-refractivity contribution in [3.8, 4) is 11.5 Å². The van der Waals surface area contributed by atoms with Crippen LogP contribution in [0.4, 0.5) is 0 Å². The molecule has 0 unspecified atom stereocenters. The molecule has 0 spiro atoms. The van der Waals surface area contributed by atoms with E-state index in [2.05, 4.69) is 10.2 Å². The number of rotatable bonds is 7. The van der Waals surface area contributed by atoms with Gasteiger partial charge in [-0.1, -0.05) is 36.4 Å². The smallest absolute Gasteiger partial charge is 0.277 e. The fraction of sp³-hybridized carbons (Fsp3) is 0.348. The Labute approximate surface area is 192 Å². The van der Waals surface area contributed by atoms with Gasteiger partial charge in [-0.05, 0) is 62.1 Å². The molecule has 0 saturated carbocycles. The van der Waals surface area contributed by atoms with E-state index in [0.29, 0.717) is 24.2 Å². The van der Waals surface area contributed by atoms with Gasteiger partial charge in [-0.15, -0.1) is 10.2 Å². The van der Waals surface area contributed by atoms with Crippen LogP contribution in [-0.2, 0) is 10.0 Å². The molecule has 3 aromatic rings. The number of piperidine rings is 1. The predicted molar refractivity (Wildman–Crippen MR) is 123 cm³/mol. The Morgan fingerprint density at radius 1 is 1.03 bits per heavy atom. The van der Waals surface area contributed by atoms with Gasteiger partial charge in [0.1, 0.15) is 0 Å². The molecule has 0 aliphatic carbocycles. The van der Waals surface area contributed by atoms with Gasteiger partial charge in [0.25, 0.3) is 5.22 Å². The van der Waals surface area contributed by atoms with E-state index in [-0.39, 0.29) is 27.5 Å². The Morgan fingerprint density at radius 3 is 2.56 bits per heavy atom. The Morgan fingerprint density at radius 2 is 1.81 bits per heavy atom. The molecule has 0 radical (unpaired) electrons. The van der Waals surface area contributed by atoms with Crippen LogP contribution in [0.5, 0.6) is 0 Å². The standard InChI is InChI=1S/C23H25N3O4S2/c1-16-9-10-18(13-17(16)2)21(27)15-31-23-25-24-22(30-23)19-7-6-8-20(14-19)32(28,29)26-11-4-3-5-12-26/h6-10,13-14H,3-5,11-12,15H2,1-2H3. The van der Waals surface area contributed by atoms with Crippen molar-refractivity contribution in [2.45, 2.75) is 43.2 Å². The van der Waals surface area contributed by atoms with E-state index in [1.807, 2.05) is 32.0 Å². The zero-order valence-electron chi connectivity index (χ0n) is 18.1. The topological polar surface area (TPSA) is 93.4 Å². The molecule has 2 aromatic carbocycles. The minimum absolute atomic E-state index is 0.0209. The molecule has 1 fully saturated rings. The van der Waals surface area contributed by atoms with E-state index in [0.717, 1.165) is 30.4 Å². The van der Waals surface area contributed by atoms with Crippen molar-refractivity contribution in [3.63, 3.8) is 0 Å². The lowest BCUT2D eigenvalue weighted by molar-refractivity contribution is 0.102. The van der Waals surface area contributed by atoms with Crippen molar-refractivity contribution in [1.29, 1.82) is 0 Å². The quantitative estimate of drug-likeness (QED) is 0.370. The Balaban J connectivity index is 1.46. The van der Waals surface area contributed by atoms with Crippen LogP contribution in [0.2, 0.25) is 0 Å². The molecule has 168 valence electrons. The molecule has 1 aromatic heterocycles. The van der Waals surface area contributed by atoms with Crippen molar-refractivity contribution in [2.24, 2.45) is 0 Å². The zero-order chi connectivity index (χ0) is 22.7. The first-order chi connectivity index (χ1) is 15.3. The van der Waals surface area contributed by atoms with Gasteiger partial charge in [-0.3, -0.25) is 4.79 Å². The van der Waals surface area contributed by atoms with Gasteiger partial charge in [0.2, 0.25) is 15.9 Å².